The normalized spacial score (nSPS) is 10.5. The van der Waals surface area contributed by atoms with Crippen molar-refractivity contribution in [1.29, 1.82) is 0 Å². The molecular weight excluding hydrogens is 192 g/mol. The molecule has 1 aromatic carbocycles. The van der Waals surface area contributed by atoms with E-state index < -0.39 is 5.97 Å². The summed E-state index contributed by atoms with van der Waals surface area (Å²) in [4.78, 5) is 10.9. The van der Waals surface area contributed by atoms with E-state index >= 15 is 0 Å². The highest BCUT2D eigenvalue weighted by Crippen LogP contribution is 2.21. The van der Waals surface area contributed by atoms with Gasteiger partial charge in [0.25, 0.3) is 0 Å². The first kappa shape index (κ1) is 9.58. The molecule has 0 amide bonds. The van der Waals surface area contributed by atoms with Crippen LogP contribution in [0.3, 0.4) is 0 Å². The van der Waals surface area contributed by atoms with Crippen LogP contribution in [0.25, 0.3) is 10.9 Å². The van der Waals surface area contributed by atoms with Crippen LogP contribution in [0, 0.1) is 13.8 Å². The van der Waals surface area contributed by atoms with Crippen molar-refractivity contribution in [3.63, 3.8) is 0 Å². The minimum absolute atomic E-state index is 0.197. The molecule has 0 aliphatic carbocycles. The molecular formula is C11H10N2O2. The number of hydrogen-bond acceptors (Lipinski definition) is 3. The minimum atomic E-state index is -0.974. The van der Waals surface area contributed by atoms with Crippen LogP contribution in [0.2, 0.25) is 0 Å². The van der Waals surface area contributed by atoms with Crippen LogP contribution in [0.1, 0.15) is 21.5 Å². The van der Waals surface area contributed by atoms with E-state index in [0.717, 1.165) is 11.1 Å². The molecule has 0 spiro atoms. The van der Waals surface area contributed by atoms with Crippen LogP contribution in [0.15, 0.2) is 18.3 Å². The summed E-state index contributed by atoms with van der Waals surface area (Å²) in [6.07, 6.45) is 1.28. The standard InChI is InChI=1S/C11H10N2O2/c1-6-3-4-8-9(11(14)15)5-12-13-10(8)7(6)2/h3-5H,1-2H3,(H,14,15). The Morgan fingerprint density at radius 3 is 2.73 bits per heavy atom. The number of hydrogen-bond donors (Lipinski definition) is 1. The van der Waals surface area contributed by atoms with Crippen molar-refractivity contribution in [3.8, 4) is 0 Å². The van der Waals surface area contributed by atoms with E-state index in [1.165, 1.54) is 6.20 Å². The van der Waals surface area contributed by atoms with Gasteiger partial charge in [0.1, 0.15) is 0 Å². The molecule has 0 atom stereocenters. The molecule has 0 saturated carbocycles. The maximum Gasteiger partial charge on any atom is 0.338 e. The van der Waals surface area contributed by atoms with E-state index in [1.54, 1.807) is 6.07 Å². The molecule has 76 valence electrons. The summed E-state index contributed by atoms with van der Waals surface area (Å²) in [6.45, 7) is 3.88. The van der Waals surface area contributed by atoms with Gasteiger partial charge in [-0.05, 0) is 25.0 Å². The van der Waals surface area contributed by atoms with Crippen molar-refractivity contribution in [1.82, 2.24) is 10.2 Å². The zero-order valence-corrected chi connectivity index (χ0v) is 8.48. The summed E-state index contributed by atoms with van der Waals surface area (Å²) in [5.74, 6) is -0.974. The predicted octanol–water partition coefficient (Wildman–Crippen LogP) is 1.94. The summed E-state index contributed by atoms with van der Waals surface area (Å²) in [7, 11) is 0. The zero-order valence-electron chi connectivity index (χ0n) is 8.48. The lowest BCUT2D eigenvalue weighted by molar-refractivity contribution is 0.0698. The Bertz CT molecular complexity index is 550. The van der Waals surface area contributed by atoms with E-state index in [-0.39, 0.29) is 5.56 Å². The van der Waals surface area contributed by atoms with E-state index in [9.17, 15) is 4.79 Å². The fraction of sp³-hybridized carbons (Fsp3) is 0.182. The molecule has 1 aromatic heterocycles. The van der Waals surface area contributed by atoms with Crippen molar-refractivity contribution in [2.75, 3.05) is 0 Å². The van der Waals surface area contributed by atoms with E-state index in [0.29, 0.717) is 10.9 Å². The van der Waals surface area contributed by atoms with Gasteiger partial charge in [-0.15, -0.1) is 0 Å². The number of aryl methyl sites for hydroxylation is 2. The fourth-order valence-corrected chi connectivity index (χ4v) is 1.53. The maximum atomic E-state index is 10.9. The third-order valence-corrected chi connectivity index (χ3v) is 2.57. The minimum Gasteiger partial charge on any atom is -0.478 e. The van der Waals surface area contributed by atoms with Crippen molar-refractivity contribution in [3.05, 3.63) is 35.0 Å². The lowest BCUT2D eigenvalue weighted by Gasteiger charge is -2.05. The van der Waals surface area contributed by atoms with Crippen molar-refractivity contribution >= 4 is 16.9 Å². The Labute approximate surface area is 86.6 Å². The number of aromatic nitrogens is 2. The molecule has 0 aliphatic heterocycles. The van der Waals surface area contributed by atoms with Gasteiger partial charge in [0.05, 0.1) is 17.3 Å². The van der Waals surface area contributed by atoms with Gasteiger partial charge in [-0.1, -0.05) is 12.1 Å². The quantitative estimate of drug-likeness (QED) is 0.767. The molecule has 0 aliphatic rings. The average molecular weight is 202 g/mol. The van der Waals surface area contributed by atoms with E-state index in [1.807, 2.05) is 19.9 Å². The van der Waals surface area contributed by atoms with Gasteiger partial charge in [0.2, 0.25) is 0 Å². The third kappa shape index (κ3) is 1.44. The lowest BCUT2D eigenvalue weighted by atomic mass is 10.0. The molecule has 2 rings (SSSR count). The zero-order chi connectivity index (χ0) is 11.0. The highest BCUT2D eigenvalue weighted by molar-refractivity contribution is 6.02. The second kappa shape index (κ2) is 3.31. The smallest absolute Gasteiger partial charge is 0.338 e. The topological polar surface area (TPSA) is 63.1 Å². The molecule has 0 bridgehead atoms. The summed E-state index contributed by atoms with van der Waals surface area (Å²) in [6, 6.07) is 3.67. The Kier molecular flexibility index (Phi) is 2.11. The van der Waals surface area contributed by atoms with Crippen molar-refractivity contribution in [2.24, 2.45) is 0 Å². The molecule has 0 saturated heterocycles. The first-order valence-electron chi connectivity index (χ1n) is 4.56. The molecule has 2 aromatic rings. The molecule has 15 heavy (non-hydrogen) atoms. The van der Waals surface area contributed by atoms with Gasteiger partial charge in [0, 0.05) is 5.39 Å². The second-order valence-corrected chi connectivity index (χ2v) is 3.47. The van der Waals surface area contributed by atoms with Crippen LogP contribution in [0.4, 0.5) is 0 Å². The summed E-state index contributed by atoms with van der Waals surface area (Å²) >= 11 is 0. The number of nitrogens with zero attached hydrogens (tertiary/aromatic N) is 2. The Morgan fingerprint density at radius 2 is 2.07 bits per heavy atom. The summed E-state index contributed by atoms with van der Waals surface area (Å²) < 4.78 is 0. The second-order valence-electron chi connectivity index (χ2n) is 3.47. The van der Waals surface area contributed by atoms with Crippen molar-refractivity contribution in [2.45, 2.75) is 13.8 Å². The molecule has 4 heteroatoms. The Balaban J connectivity index is 2.89. The molecule has 0 fully saturated rings. The van der Waals surface area contributed by atoms with Gasteiger partial charge in [-0.2, -0.15) is 10.2 Å². The van der Waals surface area contributed by atoms with Crippen LogP contribution >= 0.6 is 0 Å². The predicted molar refractivity (Wildman–Crippen MR) is 56.0 cm³/mol. The van der Waals surface area contributed by atoms with Crippen LogP contribution in [-0.2, 0) is 0 Å². The number of fused-ring (bicyclic) bond motifs is 1. The van der Waals surface area contributed by atoms with E-state index in [2.05, 4.69) is 10.2 Å². The third-order valence-electron chi connectivity index (χ3n) is 2.57. The number of carbonyl (C=O) groups is 1. The number of carboxylic acid groups (broad SMARTS) is 1. The largest absolute Gasteiger partial charge is 0.478 e. The van der Waals surface area contributed by atoms with E-state index in [4.69, 9.17) is 5.11 Å². The van der Waals surface area contributed by atoms with Crippen LogP contribution < -0.4 is 0 Å². The monoisotopic (exact) mass is 202 g/mol. The van der Waals surface area contributed by atoms with Crippen LogP contribution in [0.5, 0.6) is 0 Å². The SMILES string of the molecule is Cc1ccc2c(C(=O)O)cnnc2c1C. The highest BCUT2D eigenvalue weighted by Gasteiger charge is 2.11. The summed E-state index contributed by atoms with van der Waals surface area (Å²) in [5, 5.41) is 17.3. The molecule has 1 heterocycles. The maximum absolute atomic E-state index is 10.9. The van der Waals surface area contributed by atoms with Gasteiger partial charge >= 0.3 is 5.97 Å². The first-order chi connectivity index (χ1) is 7.11. The Hall–Kier alpha value is -1.97. The number of rotatable bonds is 1. The number of benzene rings is 1. The van der Waals surface area contributed by atoms with Gasteiger partial charge < -0.3 is 5.11 Å². The van der Waals surface area contributed by atoms with Gasteiger partial charge in [0.15, 0.2) is 0 Å². The van der Waals surface area contributed by atoms with Gasteiger partial charge in [-0.3, -0.25) is 0 Å². The number of aromatic carboxylic acids is 1. The molecule has 1 N–H and O–H groups in total. The average Bonchev–Trinajstić information content (AvgIpc) is 2.23. The summed E-state index contributed by atoms with van der Waals surface area (Å²) in [5.41, 5.74) is 2.92. The van der Waals surface area contributed by atoms with Crippen molar-refractivity contribution < 1.29 is 9.90 Å². The molecule has 4 nitrogen and oxygen atoms in total. The molecule has 0 radical (unpaired) electrons. The fourth-order valence-electron chi connectivity index (χ4n) is 1.53. The first-order valence-corrected chi connectivity index (χ1v) is 4.56. The van der Waals surface area contributed by atoms with Gasteiger partial charge in [-0.25, -0.2) is 4.79 Å². The Morgan fingerprint density at radius 1 is 1.33 bits per heavy atom. The lowest BCUT2D eigenvalue weighted by Crippen LogP contribution is -2.01. The molecule has 0 unspecified atom stereocenters. The highest BCUT2D eigenvalue weighted by atomic mass is 16.4. The number of carboxylic acids is 1. The van der Waals surface area contributed by atoms with Crippen LogP contribution in [-0.4, -0.2) is 21.3 Å².